The van der Waals surface area contributed by atoms with Gasteiger partial charge < -0.3 is 11.1 Å². The Bertz CT molecular complexity index is 292. The highest BCUT2D eigenvalue weighted by Crippen LogP contribution is 2.17. The van der Waals surface area contributed by atoms with Crippen LogP contribution >= 0.6 is 0 Å². The zero-order chi connectivity index (χ0) is 9.80. The van der Waals surface area contributed by atoms with Gasteiger partial charge in [-0.15, -0.1) is 0 Å². The van der Waals surface area contributed by atoms with E-state index in [2.05, 4.69) is 17.4 Å². The Morgan fingerprint density at radius 3 is 2.86 bits per heavy atom. The van der Waals surface area contributed by atoms with E-state index >= 15 is 0 Å². The quantitative estimate of drug-likeness (QED) is 0.712. The first kappa shape index (κ1) is 9.53. The van der Waals surface area contributed by atoms with E-state index < -0.39 is 0 Å². The van der Waals surface area contributed by atoms with Crippen LogP contribution in [0.5, 0.6) is 0 Å². The molecule has 1 saturated carbocycles. The third-order valence-corrected chi connectivity index (χ3v) is 2.90. The lowest BCUT2D eigenvalue weighted by molar-refractivity contribution is 0.342. The van der Waals surface area contributed by atoms with Crippen molar-refractivity contribution in [2.45, 2.75) is 31.7 Å². The van der Waals surface area contributed by atoms with E-state index in [1.165, 1.54) is 24.8 Å². The molecule has 1 aliphatic rings. The number of nitrogen functional groups attached to an aromatic ring is 1. The summed E-state index contributed by atoms with van der Waals surface area (Å²) in [7, 11) is 0. The lowest BCUT2D eigenvalue weighted by Gasteiger charge is -2.26. The largest absolute Gasteiger partial charge is 0.399 e. The van der Waals surface area contributed by atoms with Crippen LogP contribution in [-0.4, -0.2) is 12.6 Å². The average molecular weight is 190 g/mol. The second-order valence-corrected chi connectivity index (χ2v) is 4.08. The van der Waals surface area contributed by atoms with Gasteiger partial charge in [-0.25, -0.2) is 0 Å². The molecule has 0 radical (unpaired) electrons. The molecule has 0 spiro atoms. The predicted molar refractivity (Wildman–Crippen MR) is 60.2 cm³/mol. The Balaban J connectivity index is 1.74. The van der Waals surface area contributed by atoms with Crippen molar-refractivity contribution in [3.63, 3.8) is 0 Å². The van der Waals surface area contributed by atoms with Gasteiger partial charge in [-0.2, -0.15) is 0 Å². The van der Waals surface area contributed by atoms with E-state index in [4.69, 9.17) is 5.73 Å². The minimum Gasteiger partial charge on any atom is -0.399 e. The average Bonchev–Trinajstić information content (AvgIpc) is 2.09. The van der Waals surface area contributed by atoms with Crippen molar-refractivity contribution in [2.24, 2.45) is 0 Å². The second-order valence-electron chi connectivity index (χ2n) is 4.08. The van der Waals surface area contributed by atoms with Crippen LogP contribution in [0.25, 0.3) is 0 Å². The number of hydrogen-bond acceptors (Lipinski definition) is 2. The maximum Gasteiger partial charge on any atom is 0.0316 e. The molecular weight excluding hydrogens is 172 g/mol. The molecule has 14 heavy (non-hydrogen) atoms. The highest BCUT2D eigenvalue weighted by molar-refractivity contribution is 5.40. The van der Waals surface area contributed by atoms with E-state index in [-0.39, 0.29) is 0 Å². The van der Waals surface area contributed by atoms with Gasteiger partial charge >= 0.3 is 0 Å². The van der Waals surface area contributed by atoms with Crippen molar-refractivity contribution in [3.8, 4) is 0 Å². The Labute approximate surface area is 85.5 Å². The molecule has 2 rings (SSSR count). The first-order valence-electron chi connectivity index (χ1n) is 5.42. The van der Waals surface area contributed by atoms with Crippen molar-refractivity contribution in [2.75, 3.05) is 12.3 Å². The SMILES string of the molecule is Nc1cccc(CCNC2CCC2)c1. The molecule has 0 unspecified atom stereocenters. The summed E-state index contributed by atoms with van der Waals surface area (Å²) in [6.07, 6.45) is 5.20. The standard InChI is InChI=1S/C12H18N2/c13-11-4-1-3-10(9-11)7-8-14-12-5-2-6-12/h1,3-4,9,12,14H,2,5-8,13H2. The predicted octanol–water partition coefficient (Wildman–Crippen LogP) is 1.95. The Hall–Kier alpha value is -1.02. The third-order valence-electron chi connectivity index (χ3n) is 2.90. The van der Waals surface area contributed by atoms with Crippen molar-refractivity contribution >= 4 is 5.69 Å². The molecule has 0 aliphatic heterocycles. The summed E-state index contributed by atoms with van der Waals surface area (Å²) in [5.41, 5.74) is 7.90. The summed E-state index contributed by atoms with van der Waals surface area (Å²) in [4.78, 5) is 0. The van der Waals surface area contributed by atoms with Crippen LogP contribution in [0.3, 0.4) is 0 Å². The third kappa shape index (κ3) is 2.48. The second kappa shape index (κ2) is 4.47. The van der Waals surface area contributed by atoms with Crippen LogP contribution < -0.4 is 11.1 Å². The van der Waals surface area contributed by atoms with Crippen molar-refractivity contribution in [3.05, 3.63) is 29.8 Å². The molecule has 0 amide bonds. The molecule has 2 heteroatoms. The zero-order valence-electron chi connectivity index (χ0n) is 8.50. The van der Waals surface area contributed by atoms with E-state index in [0.29, 0.717) is 0 Å². The van der Waals surface area contributed by atoms with Gasteiger partial charge in [0.1, 0.15) is 0 Å². The minimum absolute atomic E-state index is 0.788. The molecule has 1 fully saturated rings. The Morgan fingerprint density at radius 2 is 2.21 bits per heavy atom. The smallest absolute Gasteiger partial charge is 0.0316 e. The van der Waals surface area contributed by atoms with Gasteiger partial charge in [-0.1, -0.05) is 18.6 Å². The van der Waals surface area contributed by atoms with E-state index in [9.17, 15) is 0 Å². The zero-order valence-corrected chi connectivity index (χ0v) is 8.50. The summed E-state index contributed by atoms with van der Waals surface area (Å²) in [5, 5.41) is 3.55. The molecule has 1 aromatic carbocycles. The molecule has 3 N–H and O–H groups in total. The summed E-state index contributed by atoms with van der Waals surface area (Å²) >= 11 is 0. The monoisotopic (exact) mass is 190 g/mol. The van der Waals surface area contributed by atoms with Crippen LogP contribution in [0.4, 0.5) is 5.69 Å². The molecule has 2 nitrogen and oxygen atoms in total. The van der Waals surface area contributed by atoms with E-state index in [0.717, 1.165) is 24.7 Å². The van der Waals surface area contributed by atoms with E-state index in [1.807, 2.05) is 12.1 Å². The summed E-state index contributed by atoms with van der Waals surface area (Å²) < 4.78 is 0. The number of anilines is 1. The Morgan fingerprint density at radius 1 is 1.36 bits per heavy atom. The molecule has 0 bridgehead atoms. The molecule has 0 saturated heterocycles. The normalized spacial score (nSPS) is 16.6. The molecule has 76 valence electrons. The minimum atomic E-state index is 0.788. The maximum absolute atomic E-state index is 5.71. The Kier molecular flexibility index (Phi) is 3.04. The van der Waals surface area contributed by atoms with Crippen LogP contribution in [0.1, 0.15) is 24.8 Å². The lowest BCUT2D eigenvalue weighted by atomic mass is 9.93. The fraction of sp³-hybridized carbons (Fsp3) is 0.500. The number of benzene rings is 1. The van der Waals surface area contributed by atoms with Gasteiger partial charge in [0.25, 0.3) is 0 Å². The first-order valence-corrected chi connectivity index (χ1v) is 5.42. The number of nitrogens with one attached hydrogen (secondary N) is 1. The highest BCUT2D eigenvalue weighted by Gasteiger charge is 2.15. The summed E-state index contributed by atoms with van der Waals surface area (Å²) in [6.45, 7) is 1.08. The molecule has 1 aromatic rings. The van der Waals surface area contributed by atoms with Gasteiger partial charge in [0.05, 0.1) is 0 Å². The number of nitrogens with two attached hydrogens (primary N) is 1. The van der Waals surface area contributed by atoms with Gasteiger partial charge in [0.15, 0.2) is 0 Å². The fourth-order valence-electron chi connectivity index (χ4n) is 1.78. The molecule has 0 aromatic heterocycles. The van der Waals surface area contributed by atoms with Crippen molar-refractivity contribution in [1.82, 2.24) is 5.32 Å². The summed E-state index contributed by atoms with van der Waals surface area (Å²) in [6, 6.07) is 8.94. The molecule has 0 atom stereocenters. The fourth-order valence-corrected chi connectivity index (χ4v) is 1.78. The molecule has 1 aliphatic carbocycles. The number of hydrogen-bond donors (Lipinski definition) is 2. The van der Waals surface area contributed by atoms with Gasteiger partial charge in [0, 0.05) is 11.7 Å². The van der Waals surface area contributed by atoms with E-state index in [1.54, 1.807) is 0 Å². The molecular formula is C12H18N2. The van der Waals surface area contributed by atoms with Crippen molar-refractivity contribution < 1.29 is 0 Å². The van der Waals surface area contributed by atoms with Gasteiger partial charge in [-0.3, -0.25) is 0 Å². The summed E-state index contributed by atoms with van der Waals surface area (Å²) in [5.74, 6) is 0. The van der Waals surface area contributed by atoms with Crippen LogP contribution in [0.15, 0.2) is 24.3 Å². The van der Waals surface area contributed by atoms with Gasteiger partial charge in [-0.05, 0) is 43.5 Å². The van der Waals surface area contributed by atoms with Crippen LogP contribution in [0, 0.1) is 0 Å². The first-order chi connectivity index (χ1) is 6.84. The van der Waals surface area contributed by atoms with Crippen LogP contribution in [0.2, 0.25) is 0 Å². The van der Waals surface area contributed by atoms with Crippen LogP contribution in [-0.2, 0) is 6.42 Å². The van der Waals surface area contributed by atoms with Gasteiger partial charge in [0.2, 0.25) is 0 Å². The highest BCUT2D eigenvalue weighted by atomic mass is 14.9. The lowest BCUT2D eigenvalue weighted by Crippen LogP contribution is -2.36. The maximum atomic E-state index is 5.71. The molecule has 0 heterocycles. The van der Waals surface area contributed by atoms with Crippen molar-refractivity contribution in [1.29, 1.82) is 0 Å². The topological polar surface area (TPSA) is 38.0 Å². The number of rotatable bonds is 4.